The average molecular weight is 414 g/mol. The average Bonchev–Trinajstić information content (AvgIpc) is 3.22. The van der Waals surface area contributed by atoms with Crippen LogP contribution in [0.2, 0.25) is 0 Å². The van der Waals surface area contributed by atoms with Gasteiger partial charge in [-0.25, -0.2) is 13.1 Å². The van der Waals surface area contributed by atoms with E-state index in [4.69, 9.17) is 9.15 Å². The number of benzene rings is 2. The van der Waals surface area contributed by atoms with Gasteiger partial charge in [0.2, 0.25) is 10.0 Å². The molecule has 0 aliphatic heterocycles. The highest BCUT2D eigenvalue weighted by atomic mass is 32.2. The molecule has 29 heavy (non-hydrogen) atoms. The number of amides is 1. The summed E-state index contributed by atoms with van der Waals surface area (Å²) in [5, 5.41) is 2.72. The van der Waals surface area contributed by atoms with Crippen LogP contribution in [-0.4, -0.2) is 20.4 Å². The first-order valence-electron chi connectivity index (χ1n) is 9.00. The molecule has 1 heterocycles. The second-order valence-corrected chi connectivity index (χ2v) is 8.21. The van der Waals surface area contributed by atoms with Gasteiger partial charge in [0.05, 0.1) is 17.7 Å². The van der Waals surface area contributed by atoms with Gasteiger partial charge in [0.1, 0.15) is 11.5 Å². The van der Waals surface area contributed by atoms with Gasteiger partial charge in [-0.2, -0.15) is 0 Å². The molecule has 1 aromatic heterocycles. The van der Waals surface area contributed by atoms with Crippen molar-refractivity contribution in [1.82, 2.24) is 4.72 Å². The molecule has 0 radical (unpaired) electrons. The number of nitrogens with one attached hydrogen (secondary N) is 2. The van der Waals surface area contributed by atoms with E-state index in [-0.39, 0.29) is 17.3 Å². The van der Waals surface area contributed by atoms with Crippen molar-refractivity contribution in [2.24, 2.45) is 0 Å². The summed E-state index contributed by atoms with van der Waals surface area (Å²) in [4.78, 5) is 12.5. The van der Waals surface area contributed by atoms with Crippen molar-refractivity contribution in [2.75, 3.05) is 5.32 Å². The normalized spacial score (nSPS) is 12.3. The first-order chi connectivity index (χ1) is 13.8. The third kappa shape index (κ3) is 5.46. The van der Waals surface area contributed by atoms with Crippen molar-refractivity contribution in [1.29, 1.82) is 0 Å². The smallest absolute Gasteiger partial charge is 0.265 e. The van der Waals surface area contributed by atoms with Crippen molar-refractivity contribution in [2.45, 2.75) is 31.4 Å². The van der Waals surface area contributed by atoms with Crippen LogP contribution >= 0.6 is 0 Å². The second-order valence-electron chi connectivity index (χ2n) is 6.44. The van der Waals surface area contributed by atoms with E-state index in [2.05, 4.69) is 10.0 Å². The van der Waals surface area contributed by atoms with Gasteiger partial charge in [0, 0.05) is 5.69 Å². The summed E-state index contributed by atoms with van der Waals surface area (Å²) >= 11 is 0. The Labute approximate surface area is 169 Å². The van der Waals surface area contributed by atoms with E-state index in [0.29, 0.717) is 17.2 Å². The Morgan fingerprint density at radius 3 is 2.45 bits per heavy atom. The molecule has 0 aliphatic carbocycles. The molecule has 2 N–H and O–H groups in total. The van der Waals surface area contributed by atoms with E-state index in [1.54, 1.807) is 25.1 Å². The minimum atomic E-state index is -3.69. The fourth-order valence-electron chi connectivity index (χ4n) is 2.56. The Morgan fingerprint density at radius 1 is 1.07 bits per heavy atom. The van der Waals surface area contributed by atoms with Crippen LogP contribution in [-0.2, 0) is 21.4 Å². The Hall–Kier alpha value is -3.10. The first kappa shape index (κ1) is 20.6. The summed E-state index contributed by atoms with van der Waals surface area (Å²) in [6.07, 6.45) is 0.764. The maximum absolute atomic E-state index is 12.4. The van der Waals surface area contributed by atoms with Crippen LogP contribution in [0.1, 0.15) is 18.2 Å². The molecule has 0 saturated carbocycles. The lowest BCUT2D eigenvalue weighted by Gasteiger charge is -2.16. The monoisotopic (exact) mass is 414 g/mol. The van der Waals surface area contributed by atoms with Gasteiger partial charge < -0.3 is 14.5 Å². The Bertz CT molecular complexity index is 1060. The number of aryl methyl sites for hydroxylation is 1. The Balaban J connectivity index is 1.59. The van der Waals surface area contributed by atoms with Gasteiger partial charge in [-0.05, 0) is 61.9 Å². The highest BCUT2D eigenvalue weighted by Gasteiger charge is 2.17. The van der Waals surface area contributed by atoms with E-state index in [0.717, 1.165) is 5.56 Å². The van der Waals surface area contributed by atoms with Crippen molar-refractivity contribution in [3.05, 3.63) is 78.3 Å². The number of furan rings is 1. The van der Waals surface area contributed by atoms with Gasteiger partial charge >= 0.3 is 0 Å². The molecular formula is C21H22N2O5S. The van der Waals surface area contributed by atoms with Crippen LogP contribution in [0, 0.1) is 6.92 Å². The fraction of sp³-hybridized carbons (Fsp3) is 0.190. The van der Waals surface area contributed by atoms with Crippen molar-refractivity contribution in [3.63, 3.8) is 0 Å². The van der Waals surface area contributed by atoms with E-state index >= 15 is 0 Å². The zero-order valence-electron chi connectivity index (χ0n) is 16.1. The lowest BCUT2D eigenvalue weighted by Crippen LogP contribution is -2.30. The predicted octanol–water partition coefficient (Wildman–Crippen LogP) is 3.47. The summed E-state index contributed by atoms with van der Waals surface area (Å²) in [5.74, 6) is 0.819. The molecule has 152 valence electrons. The fourth-order valence-corrected chi connectivity index (χ4v) is 3.55. The van der Waals surface area contributed by atoms with Gasteiger partial charge in [0.15, 0.2) is 6.10 Å². The molecule has 3 rings (SSSR count). The van der Waals surface area contributed by atoms with Crippen LogP contribution < -0.4 is 14.8 Å². The molecule has 1 unspecified atom stereocenters. The van der Waals surface area contributed by atoms with Crippen LogP contribution in [0.25, 0.3) is 0 Å². The Morgan fingerprint density at radius 2 is 1.79 bits per heavy atom. The lowest BCUT2D eigenvalue weighted by molar-refractivity contribution is -0.122. The number of carbonyl (C=O) groups excluding carboxylic acids is 1. The Kier molecular flexibility index (Phi) is 6.36. The maximum Gasteiger partial charge on any atom is 0.265 e. The van der Waals surface area contributed by atoms with Gasteiger partial charge in [-0.3, -0.25) is 4.79 Å². The highest BCUT2D eigenvalue weighted by Crippen LogP contribution is 2.19. The van der Waals surface area contributed by atoms with E-state index in [1.165, 1.54) is 30.5 Å². The number of hydrogen-bond acceptors (Lipinski definition) is 5. The molecule has 8 heteroatoms. The topological polar surface area (TPSA) is 97.6 Å². The van der Waals surface area contributed by atoms with Crippen molar-refractivity contribution >= 4 is 21.6 Å². The summed E-state index contributed by atoms with van der Waals surface area (Å²) in [6.45, 7) is 3.61. The largest absolute Gasteiger partial charge is 0.481 e. The molecule has 1 atom stereocenters. The number of para-hydroxylation sites is 1. The molecule has 7 nitrogen and oxygen atoms in total. The molecule has 0 bridgehead atoms. The quantitative estimate of drug-likeness (QED) is 0.588. The maximum atomic E-state index is 12.4. The number of hydrogen-bond donors (Lipinski definition) is 2. The zero-order chi connectivity index (χ0) is 20.9. The molecule has 0 saturated heterocycles. The van der Waals surface area contributed by atoms with Crippen molar-refractivity contribution in [3.8, 4) is 5.75 Å². The van der Waals surface area contributed by atoms with Gasteiger partial charge in [0.25, 0.3) is 5.91 Å². The molecule has 0 fully saturated rings. The second kappa shape index (κ2) is 8.93. The van der Waals surface area contributed by atoms with Crippen LogP contribution in [0.4, 0.5) is 5.69 Å². The predicted molar refractivity (Wildman–Crippen MR) is 109 cm³/mol. The number of rotatable bonds is 8. The van der Waals surface area contributed by atoms with Gasteiger partial charge in [-0.15, -0.1) is 0 Å². The number of ether oxygens (including phenoxy) is 1. The standard InChI is InChI=1S/C21H22N2O5S/c1-15-6-3-4-8-20(15)28-16(2)21(24)23-17-9-11-19(12-10-17)29(25,26)22-14-18-7-5-13-27-18/h3-13,16,22H,14H2,1-2H3,(H,23,24). The number of anilines is 1. The number of sulfonamides is 1. The summed E-state index contributed by atoms with van der Waals surface area (Å²) in [5.41, 5.74) is 1.41. The van der Waals surface area contributed by atoms with Crippen LogP contribution in [0.5, 0.6) is 5.75 Å². The van der Waals surface area contributed by atoms with E-state index in [1.807, 2.05) is 25.1 Å². The van der Waals surface area contributed by atoms with Gasteiger partial charge in [-0.1, -0.05) is 18.2 Å². The summed E-state index contributed by atoms with van der Waals surface area (Å²) in [6, 6.07) is 16.7. The first-order valence-corrected chi connectivity index (χ1v) is 10.5. The summed E-state index contributed by atoms with van der Waals surface area (Å²) in [7, 11) is -3.69. The van der Waals surface area contributed by atoms with Crippen molar-refractivity contribution < 1.29 is 22.4 Å². The molecule has 1 amide bonds. The molecule has 3 aromatic rings. The SMILES string of the molecule is Cc1ccccc1OC(C)C(=O)Nc1ccc(S(=O)(=O)NCc2ccco2)cc1. The third-order valence-electron chi connectivity index (χ3n) is 4.22. The minimum Gasteiger partial charge on any atom is -0.481 e. The molecule has 2 aromatic carbocycles. The molecular weight excluding hydrogens is 392 g/mol. The zero-order valence-corrected chi connectivity index (χ0v) is 16.9. The van der Waals surface area contributed by atoms with Crippen LogP contribution in [0.15, 0.2) is 76.2 Å². The molecule has 0 spiro atoms. The summed E-state index contributed by atoms with van der Waals surface area (Å²) < 4.78 is 38.0. The molecule has 0 aliphatic rings. The van der Waals surface area contributed by atoms with E-state index < -0.39 is 16.1 Å². The number of carbonyl (C=O) groups is 1. The highest BCUT2D eigenvalue weighted by molar-refractivity contribution is 7.89. The minimum absolute atomic E-state index is 0.0571. The van der Waals surface area contributed by atoms with E-state index in [9.17, 15) is 13.2 Å². The third-order valence-corrected chi connectivity index (χ3v) is 5.63. The lowest BCUT2D eigenvalue weighted by atomic mass is 10.2. The van der Waals surface area contributed by atoms with Crippen LogP contribution in [0.3, 0.4) is 0 Å².